The molecule has 3 N–H and O–H groups in total. The van der Waals surface area contributed by atoms with Crippen molar-refractivity contribution in [3.05, 3.63) is 86.8 Å². The minimum absolute atomic E-state index is 0.0641. The molecule has 0 bridgehead atoms. The smallest absolute Gasteiger partial charge is 0.256 e. The third kappa shape index (κ3) is 4.85. The number of amides is 1. The van der Waals surface area contributed by atoms with Crippen LogP contribution in [-0.2, 0) is 0 Å². The molecule has 1 aliphatic rings. The monoisotopic (exact) mass is 455 g/mol. The number of nitrogens with one attached hydrogen (secondary N) is 3. The topological polar surface area (TPSA) is 38.0 Å². The van der Waals surface area contributed by atoms with Crippen molar-refractivity contribution in [2.75, 3.05) is 38.5 Å². The van der Waals surface area contributed by atoms with Gasteiger partial charge in [-0.05, 0) is 43.7 Å². The highest BCUT2D eigenvalue weighted by Gasteiger charge is 2.35. The number of anilines is 1. The van der Waals surface area contributed by atoms with Gasteiger partial charge in [0.1, 0.15) is 37.2 Å². The number of carbonyl (C=O) groups excluding carboxylic acids is 1. The van der Waals surface area contributed by atoms with Crippen molar-refractivity contribution in [2.45, 2.75) is 19.9 Å². The first-order chi connectivity index (χ1) is 14.9. The van der Waals surface area contributed by atoms with Crippen molar-refractivity contribution >= 4 is 33.8 Å². The highest BCUT2D eigenvalue weighted by Crippen LogP contribution is 2.39. The van der Waals surface area contributed by atoms with E-state index < -0.39 is 0 Å². The van der Waals surface area contributed by atoms with Crippen LogP contribution in [0.4, 0.5) is 5.00 Å². The van der Waals surface area contributed by atoms with Crippen molar-refractivity contribution in [3.8, 4) is 0 Å². The van der Waals surface area contributed by atoms with E-state index in [-0.39, 0.29) is 11.9 Å². The van der Waals surface area contributed by atoms with Crippen molar-refractivity contribution in [1.82, 2.24) is 0 Å². The number of carbonyl (C=O) groups is 1. The van der Waals surface area contributed by atoms with Crippen LogP contribution in [0.15, 0.2) is 54.6 Å². The molecule has 1 fully saturated rings. The number of rotatable bonds is 5. The summed E-state index contributed by atoms with van der Waals surface area (Å²) >= 11 is 8.08. The molecule has 2 heterocycles. The van der Waals surface area contributed by atoms with Gasteiger partial charge in [-0.15, -0.1) is 11.3 Å². The first kappa shape index (κ1) is 22.0. The van der Waals surface area contributed by atoms with Crippen LogP contribution in [0.25, 0.3) is 0 Å². The summed E-state index contributed by atoms with van der Waals surface area (Å²) < 4.78 is 0. The maximum absolute atomic E-state index is 13.0. The maximum atomic E-state index is 13.0. The van der Waals surface area contributed by atoms with Crippen LogP contribution in [0.3, 0.4) is 0 Å². The molecule has 1 atom stereocenters. The minimum Gasteiger partial charge on any atom is -0.328 e. The molecule has 0 saturated carbocycles. The Morgan fingerprint density at radius 3 is 2.42 bits per heavy atom. The highest BCUT2D eigenvalue weighted by atomic mass is 35.5. The van der Waals surface area contributed by atoms with Gasteiger partial charge in [-0.1, -0.05) is 41.9 Å². The Labute approximate surface area is 193 Å². The van der Waals surface area contributed by atoms with Gasteiger partial charge in [-0.25, -0.2) is 0 Å². The first-order valence-corrected chi connectivity index (χ1v) is 12.0. The lowest BCUT2D eigenvalue weighted by Gasteiger charge is -2.34. The Bertz CT molecular complexity index is 1060. The Morgan fingerprint density at radius 2 is 1.74 bits per heavy atom. The van der Waals surface area contributed by atoms with Crippen molar-refractivity contribution in [1.29, 1.82) is 0 Å². The number of quaternary nitrogens is 2. The Kier molecular flexibility index (Phi) is 6.77. The molecule has 6 heteroatoms. The van der Waals surface area contributed by atoms with Crippen LogP contribution in [0.2, 0.25) is 5.02 Å². The van der Waals surface area contributed by atoms with E-state index in [1.54, 1.807) is 16.2 Å². The molecule has 0 spiro atoms. The van der Waals surface area contributed by atoms with Crippen LogP contribution in [0.1, 0.15) is 38.0 Å². The van der Waals surface area contributed by atoms with Crippen LogP contribution < -0.4 is 15.1 Å². The van der Waals surface area contributed by atoms with Gasteiger partial charge in [0.2, 0.25) is 0 Å². The Morgan fingerprint density at radius 1 is 1.03 bits per heavy atom. The number of aryl methyl sites for hydroxylation is 1. The zero-order valence-corrected chi connectivity index (χ0v) is 19.9. The second-order valence-corrected chi connectivity index (χ2v) is 10.1. The standard InChI is InChI=1S/C25H28ClN3OS/c1-17-18(2)31-25(27-24(30)19-8-5-4-6-9-19)22(17)23(20-10-7-11-21(26)16-20)29-14-12-28(3)13-15-29/h4-11,16,23H,12-15H2,1-3H3,(H,27,30)/p+2. The number of likely N-dealkylation sites (N-methyl/N-ethyl adjacent to an activating group) is 1. The van der Waals surface area contributed by atoms with Gasteiger partial charge < -0.3 is 15.1 Å². The summed E-state index contributed by atoms with van der Waals surface area (Å²) in [6, 6.07) is 17.8. The molecule has 1 aliphatic heterocycles. The molecule has 1 saturated heterocycles. The second-order valence-electron chi connectivity index (χ2n) is 8.45. The highest BCUT2D eigenvalue weighted by molar-refractivity contribution is 7.16. The normalized spacial score (nSPS) is 19.7. The van der Waals surface area contributed by atoms with E-state index in [1.165, 1.54) is 26.5 Å². The molecule has 162 valence electrons. The Balaban J connectivity index is 1.76. The van der Waals surface area contributed by atoms with Crippen LogP contribution in [-0.4, -0.2) is 39.1 Å². The number of hydrogen-bond acceptors (Lipinski definition) is 2. The summed E-state index contributed by atoms with van der Waals surface area (Å²) in [6.45, 7) is 8.77. The van der Waals surface area contributed by atoms with E-state index in [1.807, 2.05) is 42.5 Å². The number of halogens is 1. The molecule has 3 aromatic rings. The molecule has 0 aliphatic carbocycles. The predicted molar refractivity (Wildman–Crippen MR) is 129 cm³/mol. The maximum Gasteiger partial charge on any atom is 0.256 e. The van der Waals surface area contributed by atoms with E-state index in [2.05, 4.69) is 38.3 Å². The van der Waals surface area contributed by atoms with Crippen molar-refractivity contribution in [2.24, 2.45) is 0 Å². The zero-order valence-electron chi connectivity index (χ0n) is 18.3. The molecular weight excluding hydrogens is 426 g/mol. The SMILES string of the molecule is Cc1sc(NC(=O)c2ccccc2)c(C(c2cccc(Cl)c2)[NH+]2CC[NH+](C)CC2)c1C. The summed E-state index contributed by atoms with van der Waals surface area (Å²) in [5.41, 5.74) is 4.37. The quantitative estimate of drug-likeness (QED) is 0.543. The van der Waals surface area contributed by atoms with Gasteiger partial charge in [0, 0.05) is 21.0 Å². The van der Waals surface area contributed by atoms with E-state index >= 15 is 0 Å². The Hall–Kier alpha value is -2.18. The fraction of sp³-hybridized carbons (Fsp3) is 0.320. The van der Waals surface area contributed by atoms with E-state index in [9.17, 15) is 4.79 Å². The summed E-state index contributed by atoms with van der Waals surface area (Å²) in [4.78, 5) is 17.3. The van der Waals surface area contributed by atoms with Crippen molar-refractivity contribution < 1.29 is 14.6 Å². The number of benzene rings is 2. The van der Waals surface area contributed by atoms with Gasteiger partial charge in [0.05, 0.1) is 12.6 Å². The average molecular weight is 456 g/mol. The fourth-order valence-electron chi connectivity index (χ4n) is 4.43. The molecule has 0 radical (unpaired) electrons. The third-order valence-corrected chi connectivity index (χ3v) is 7.69. The minimum atomic E-state index is -0.0641. The molecule has 1 unspecified atom stereocenters. The number of piperazine rings is 1. The molecule has 4 rings (SSSR count). The van der Waals surface area contributed by atoms with Gasteiger partial charge in [0.25, 0.3) is 5.91 Å². The zero-order chi connectivity index (χ0) is 22.0. The lowest BCUT2D eigenvalue weighted by molar-refractivity contribution is -1.02. The molecule has 1 aromatic heterocycles. The van der Waals surface area contributed by atoms with E-state index in [4.69, 9.17) is 11.6 Å². The van der Waals surface area contributed by atoms with Gasteiger partial charge in [0.15, 0.2) is 0 Å². The molecule has 1 amide bonds. The van der Waals surface area contributed by atoms with Crippen LogP contribution >= 0.6 is 22.9 Å². The largest absolute Gasteiger partial charge is 0.328 e. The molecule has 4 nitrogen and oxygen atoms in total. The summed E-state index contributed by atoms with van der Waals surface area (Å²) in [6.07, 6.45) is 0. The van der Waals surface area contributed by atoms with E-state index in [0.29, 0.717) is 5.56 Å². The molecule has 2 aromatic carbocycles. The summed E-state index contributed by atoms with van der Waals surface area (Å²) in [5.74, 6) is -0.0641. The van der Waals surface area contributed by atoms with Gasteiger partial charge >= 0.3 is 0 Å². The number of hydrogen-bond donors (Lipinski definition) is 3. The molecular formula is C25H30ClN3OS+2. The van der Waals surface area contributed by atoms with E-state index in [0.717, 1.165) is 36.2 Å². The average Bonchev–Trinajstić information content (AvgIpc) is 3.04. The lowest BCUT2D eigenvalue weighted by atomic mass is 9.94. The summed E-state index contributed by atoms with van der Waals surface area (Å²) in [7, 11) is 2.26. The second kappa shape index (κ2) is 9.53. The number of thiophene rings is 1. The predicted octanol–water partition coefficient (Wildman–Crippen LogP) is 2.77. The van der Waals surface area contributed by atoms with Crippen LogP contribution in [0.5, 0.6) is 0 Å². The molecule has 31 heavy (non-hydrogen) atoms. The van der Waals surface area contributed by atoms with Crippen molar-refractivity contribution in [3.63, 3.8) is 0 Å². The summed E-state index contributed by atoms with van der Waals surface area (Å²) in [5, 5.41) is 4.93. The fourth-order valence-corrected chi connectivity index (χ4v) is 5.72. The van der Waals surface area contributed by atoms with Gasteiger partial charge in [-0.3, -0.25) is 4.79 Å². The van der Waals surface area contributed by atoms with Crippen LogP contribution in [0, 0.1) is 13.8 Å². The third-order valence-electron chi connectivity index (χ3n) is 6.32. The lowest BCUT2D eigenvalue weighted by Crippen LogP contribution is -3.27. The van der Waals surface area contributed by atoms with Gasteiger partial charge in [-0.2, -0.15) is 0 Å². The first-order valence-electron chi connectivity index (χ1n) is 10.8.